The molecule has 25 heavy (non-hydrogen) atoms. The Bertz CT molecular complexity index is 754. The van der Waals surface area contributed by atoms with Gasteiger partial charge < -0.3 is 15.0 Å². The Kier molecular flexibility index (Phi) is 5.33. The number of halogens is 1. The highest BCUT2D eigenvalue weighted by atomic mass is 19.1. The number of aromatic nitrogens is 2. The standard InChI is InChI=1S/C18H23FN4O2/c1-3-17-14(12-22(2)21-17)11-20-18(24)13-8-15(19)10-16(9-13)23-4-6-25-7-5-23/h8-10,12H,3-7,11H2,1-2H3,(H,20,24). The molecule has 0 radical (unpaired) electrons. The van der Waals surface area contributed by atoms with E-state index in [1.165, 1.54) is 12.1 Å². The Morgan fingerprint density at radius 1 is 1.32 bits per heavy atom. The largest absolute Gasteiger partial charge is 0.378 e. The number of benzene rings is 1. The predicted molar refractivity (Wildman–Crippen MR) is 93.2 cm³/mol. The van der Waals surface area contributed by atoms with Crippen molar-refractivity contribution in [1.82, 2.24) is 15.1 Å². The number of hydrogen-bond acceptors (Lipinski definition) is 4. The van der Waals surface area contributed by atoms with Crippen molar-refractivity contribution in [2.24, 2.45) is 7.05 Å². The fraction of sp³-hybridized carbons (Fsp3) is 0.444. The van der Waals surface area contributed by atoms with Crippen molar-refractivity contribution >= 4 is 11.6 Å². The first kappa shape index (κ1) is 17.4. The highest BCUT2D eigenvalue weighted by molar-refractivity contribution is 5.95. The van der Waals surface area contributed by atoms with Gasteiger partial charge in [0.2, 0.25) is 0 Å². The van der Waals surface area contributed by atoms with Crippen LogP contribution in [0.1, 0.15) is 28.5 Å². The number of carbonyl (C=O) groups is 1. The molecular formula is C18H23FN4O2. The van der Waals surface area contributed by atoms with Gasteiger partial charge >= 0.3 is 0 Å². The molecule has 2 aromatic rings. The van der Waals surface area contributed by atoms with E-state index in [4.69, 9.17) is 4.74 Å². The summed E-state index contributed by atoms with van der Waals surface area (Å²) in [6, 6.07) is 4.45. The van der Waals surface area contributed by atoms with Gasteiger partial charge in [0.15, 0.2) is 0 Å². The highest BCUT2D eigenvalue weighted by Crippen LogP contribution is 2.20. The minimum absolute atomic E-state index is 0.292. The molecule has 0 spiro atoms. The van der Waals surface area contributed by atoms with Gasteiger partial charge in [-0.2, -0.15) is 5.10 Å². The number of morpholine rings is 1. The molecule has 0 unspecified atom stereocenters. The number of aryl methyl sites for hydroxylation is 2. The van der Waals surface area contributed by atoms with Crippen LogP contribution >= 0.6 is 0 Å². The Hall–Kier alpha value is -2.41. The Morgan fingerprint density at radius 2 is 2.08 bits per heavy atom. The minimum Gasteiger partial charge on any atom is -0.378 e. The topological polar surface area (TPSA) is 59.4 Å². The quantitative estimate of drug-likeness (QED) is 0.898. The van der Waals surface area contributed by atoms with Crippen LogP contribution in [0.25, 0.3) is 0 Å². The second-order valence-corrected chi connectivity index (χ2v) is 6.11. The van der Waals surface area contributed by atoms with Crippen LogP contribution in [-0.2, 0) is 24.8 Å². The number of nitrogens with one attached hydrogen (secondary N) is 1. The summed E-state index contributed by atoms with van der Waals surface area (Å²) in [5.41, 5.74) is 2.96. The van der Waals surface area contributed by atoms with E-state index in [2.05, 4.69) is 10.4 Å². The van der Waals surface area contributed by atoms with Gasteiger partial charge in [0.05, 0.1) is 18.9 Å². The van der Waals surface area contributed by atoms with Crippen LogP contribution in [0.15, 0.2) is 24.4 Å². The molecule has 0 bridgehead atoms. The van der Waals surface area contributed by atoms with Gasteiger partial charge in [-0.1, -0.05) is 6.92 Å². The molecule has 1 N–H and O–H groups in total. The van der Waals surface area contributed by atoms with Crippen LogP contribution < -0.4 is 10.2 Å². The summed E-state index contributed by atoms with van der Waals surface area (Å²) in [7, 11) is 1.85. The molecule has 1 aromatic heterocycles. The Labute approximate surface area is 146 Å². The molecule has 134 valence electrons. The molecule has 0 aliphatic carbocycles. The van der Waals surface area contributed by atoms with Gasteiger partial charge in [-0.15, -0.1) is 0 Å². The molecule has 6 nitrogen and oxygen atoms in total. The first-order valence-electron chi connectivity index (χ1n) is 8.49. The molecule has 1 aliphatic rings. The lowest BCUT2D eigenvalue weighted by Crippen LogP contribution is -2.36. The molecule has 1 aromatic carbocycles. The van der Waals surface area contributed by atoms with E-state index in [-0.39, 0.29) is 5.91 Å². The summed E-state index contributed by atoms with van der Waals surface area (Å²) in [5, 5.41) is 7.21. The first-order valence-corrected chi connectivity index (χ1v) is 8.49. The third-order valence-corrected chi connectivity index (χ3v) is 4.29. The lowest BCUT2D eigenvalue weighted by molar-refractivity contribution is 0.0950. The van der Waals surface area contributed by atoms with E-state index in [1.54, 1.807) is 10.7 Å². The molecule has 3 rings (SSSR count). The zero-order valence-corrected chi connectivity index (χ0v) is 14.6. The molecule has 0 atom stereocenters. The molecule has 1 saturated heterocycles. The van der Waals surface area contributed by atoms with E-state index in [9.17, 15) is 9.18 Å². The van der Waals surface area contributed by atoms with Crippen LogP contribution in [-0.4, -0.2) is 42.0 Å². The summed E-state index contributed by atoms with van der Waals surface area (Å²) in [4.78, 5) is 14.5. The number of amides is 1. The van der Waals surface area contributed by atoms with Gasteiger partial charge in [-0.25, -0.2) is 4.39 Å². The summed E-state index contributed by atoms with van der Waals surface area (Å²) >= 11 is 0. The second-order valence-electron chi connectivity index (χ2n) is 6.11. The summed E-state index contributed by atoms with van der Waals surface area (Å²) in [5.74, 6) is -0.704. The van der Waals surface area contributed by atoms with Gasteiger partial charge in [0.25, 0.3) is 5.91 Å². The van der Waals surface area contributed by atoms with Crippen LogP contribution in [0.2, 0.25) is 0 Å². The van der Waals surface area contributed by atoms with Crippen LogP contribution in [0, 0.1) is 5.82 Å². The van der Waals surface area contributed by atoms with Crippen molar-refractivity contribution in [3.63, 3.8) is 0 Å². The minimum atomic E-state index is -0.412. The molecule has 1 aliphatic heterocycles. The number of nitrogens with zero attached hydrogens (tertiary/aromatic N) is 3. The third-order valence-electron chi connectivity index (χ3n) is 4.29. The van der Waals surface area contributed by atoms with Gasteiger partial charge in [0, 0.05) is 49.7 Å². The molecule has 2 heterocycles. The fourth-order valence-electron chi connectivity index (χ4n) is 3.02. The average Bonchev–Trinajstić information content (AvgIpc) is 2.99. The Morgan fingerprint density at radius 3 is 2.80 bits per heavy atom. The van der Waals surface area contributed by atoms with E-state index >= 15 is 0 Å². The molecule has 1 amide bonds. The van der Waals surface area contributed by atoms with E-state index in [1.807, 2.05) is 25.1 Å². The maximum atomic E-state index is 14.0. The van der Waals surface area contributed by atoms with Crippen LogP contribution in [0.4, 0.5) is 10.1 Å². The number of carbonyl (C=O) groups excluding carboxylic acids is 1. The first-order chi connectivity index (χ1) is 12.1. The number of rotatable bonds is 5. The van der Waals surface area contributed by atoms with Gasteiger partial charge in [0.1, 0.15) is 5.82 Å². The van der Waals surface area contributed by atoms with Gasteiger partial charge in [-0.3, -0.25) is 9.48 Å². The normalized spacial score (nSPS) is 14.6. The number of anilines is 1. The number of hydrogen-bond donors (Lipinski definition) is 1. The maximum absolute atomic E-state index is 14.0. The summed E-state index contributed by atoms with van der Waals surface area (Å²) in [6.45, 7) is 5.01. The zero-order chi connectivity index (χ0) is 17.8. The molecular weight excluding hydrogens is 323 g/mol. The molecule has 7 heteroatoms. The van der Waals surface area contributed by atoms with E-state index in [0.29, 0.717) is 44.1 Å². The van der Waals surface area contributed by atoms with Crippen molar-refractivity contribution in [3.8, 4) is 0 Å². The SMILES string of the molecule is CCc1nn(C)cc1CNC(=O)c1cc(F)cc(N2CCOCC2)c1. The van der Waals surface area contributed by atoms with Crippen molar-refractivity contribution in [1.29, 1.82) is 0 Å². The van der Waals surface area contributed by atoms with Crippen molar-refractivity contribution in [2.45, 2.75) is 19.9 Å². The van der Waals surface area contributed by atoms with Gasteiger partial charge in [-0.05, 0) is 24.6 Å². The monoisotopic (exact) mass is 346 g/mol. The zero-order valence-electron chi connectivity index (χ0n) is 14.6. The number of ether oxygens (including phenoxy) is 1. The van der Waals surface area contributed by atoms with Crippen molar-refractivity contribution in [2.75, 3.05) is 31.2 Å². The van der Waals surface area contributed by atoms with E-state index < -0.39 is 5.82 Å². The molecule has 0 saturated carbocycles. The highest BCUT2D eigenvalue weighted by Gasteiger charge is 2.16. The molecule has 1 fully saturated rings. The van der Waals surface area contributed by atoms with E-state index in [0.717, 1.165) is 17.7 Å². The summed E-state index contributed by atoms with van der Waals surface area (Å²) in [6.07, 6.45) is 2.69. The second kappa shape index (κ2) is 7.65. The predicted octanol–water partition coefficient (Wildman–Crippen LogP) is 1.89. The lowest BCUT2D eigenvalue weighted by Gasteiger charge is -2.29. The average molecular weight is 346 g/mol. The van der Waals surface area contributed by atoms with Crippen LogP contribution in [0.5, 0.6) is 0 Å². The lowest BCUT2D eigenvalue weighted by atomic mass is 10.1. The fourth-order valence-corrected chi connectivity index (χ4v) is 3.02. The Balaban J connectivity index is 1.72. The van der Waals surface area contributed by atoms with Crippen LogP contribution in [0.3, 0.4) is 0 Å². The maximum Gasteiger partial charge on any atom is 0.251 e. The van der Waals surface area contributed by atoms with Crippen molar-refractivity contribution in [3.05, 3.63) is 47.0 Å². The summed E-state index contributed by atoms with van der Waals surface area (Å²) < 4.78 is 21.0. The van der Waals surface area contributed by atoms with Crippen molar-refractivity contribution < 1.29 is 13.9 Å². The third kappa shape index (κ3) is 4.17. The smallest absolute Gasteiger partial charge is 0.251 e.